The van der Waals surface area contributed by atoms with Crippen LogP contribution in [-0.4, -0.2) is 11.0 Å². The Balaban J connectivity index is 2.02. The first-order valence-electron chi connectivity index (χ1n) is 5.54. The van der Waals surface area contributed by atoms with Gasteiger partial charge in [0, 0.05) is 12.0 Å². The highest BCUT2D eigenvalue weighted by Gasteiger charge is 2.27. The molecule has 2 unspecified atom stereocenters. The maximum absolute atomic E-state index is 6.05. The van der Waals surface area contributed by atoms with Crippen LogP contribution in [0.2, 0.25) is 5.02 Å². The van der Waals surface area contributed by atoms with Gasteiger partial charge in [-0.15, -0.1) is 0 Å². The molecule has 16 heavy (non-hydrogen) atoms. The van der Waals surface area contributed by atoms with Crippen molar-refractivity contribution in [2.75, 3.05) is 0 Å². The molecule has 1 fully saturated rings. The molecule has 2 aromatic rings. The lowest BCUT2D eigenvalue weighted by Crippen LogP contribution is -2.14. The first-order valence-corrected chi connectivity index (χ1v) is 5.92. The number of oxazole rings is 1. The maximum atomic E-state index is 6.05. The largest absolute Gasteiger partial charge is 0.439 e. The summed E-state index contributed by atoms with van der Waals surface area (Å²) in [6.45, 7) is 0. The Labute approximate surface area is 98.6 Å². The number of halogens is 1. The molecule has 2 N–H and O–H groups in total. The number of hydrogen-bond donors (Lipinski definition) is 1. The van der Waals surface area contributed by atoms with Crippen LogP contribution in [0.4, 0.5) is 0 Å². The van der Waals surface area contributed by atoms with Crippen LogP contribution in [0.1, 0.15) is 31.1 Å². The molecule has 1 aromatic carbocycles. The topological polar surface area (TPSA) is 52.0 Å². The normalized spacial score (nSPS) is 25.4. The molecule has 0 aliphatic heterocycles. The van der Waals surface area contributed by atoms with Gasteiger partial charge in [0.25, 0.3) is 0 Å². The van der Waals surface area contributed by atoms with Crippen LogP contribution in [0.3, 0.4) is 0 Å². The van der Waals surface area contributed by atoms with Crippen LogP contribution in [0, 0.1) is 0 Å². The van der Waals surface area contributed by atoms with Gasteiger partial charge in [0.2, 0.25) is 0 Å². The summed E-state index contributed by atoms with van der Waals surface area (Å²) >= 11 is 6.05. The zero-order valence-electron chi connectivity index (χ0n) is 8.82. The van der Waals surface area contributed by atoms with E-state index in [1.807, 2.05) is 18.2 Å². The fourth-order valence-corrected chi connectivity index (χ4v) is 2.56. The second kappa shape index (κ2) is 3.75. The van der Waals surface area contributed by atoms with Crippen molar-refractivity contribution in [3.05, 3.63) is 29.1 Å². The summed E-state index contributed by atoms with van der Waals surface area (Å²) in [5, 5.41) is 0.624. The molecule has 4 heteroatoms. The van der Waals surface area contributed by atoms with Gasteiger partial charge in [-0.25, -0.2) is 4.98 Å². The molecule has 2 atom stereocenters. The Kier molecular flexibility index (Phi) is 2.37. The lowest BCUT2D eigenvalue weighted by Gasteiger charge is -2.02. The first-order chi connectivity index (χ1) is 7.74. The van der Waals surface area contributed by atoms with E-state index < -0.39 is 0 Å². The third-order valence-corrected chi connectivity index (χ3v) is 3.50. The number of nitrogens with zero attached hydrogens (tertiary/aromatic N) is 1. The van der Waals surface area contributed by atoms with E-state index >= 15 is 0 Å². The van der Waals surface area contributed by atoms with E-state index in [2.05, 4.69) is 4.98 Å². The zero-order valence-corrected chi connectivity index (χ0v) is 9.57. The van der Waals surface area contributed by atoms with Gasteiger partial charge in [0.05, 0.1) is 5.02 Å². The minimum atomic E-state index is 0.287. The van der Waals surface area contributed by atoms with Gasteiger partial charge in [-0.3, -0.25) is 0 Å². The number of para-hydroxylation sites is 1. The van der Waals surface area contributed by atoms with E-state index in [0.29, 0.717) is 16.5 Å². The van der Waals surface area contributed by atoms with Gasteiger partial charge >= 0.3 is 0 Å². The monoisotopic (exact) mass is 236 g/mol. The molecule has 1 aliphatic carbocycles. The maximum Gasteiger partial charge on any atom is 0.198 e. The summed E-state index contributed by atoms with van der Waals surface area (Å²) in [7, 11) is 0. The summed E-state index contributed by atoms with van der Waals surface area (Å²) in [6, 6.07) is 5.91. The molecule has 0 saturated heterocycles. The number of rotatable bonds is 1. The molecule has 84 valence electrons. The molecule has 0 spiro atoms. The van der Waals surface area contributed by atoms with Crippen molar-refractivity contribution in [3.63, 3.8) is 0 Å². The van der Waals surface area contributed by atoms with Crippen LogP contribution in [0.15, 0.2) is 22.6 Å². The predicted molar refractivity (Wildman–Crippen MR) is 63.6 cm³/mol. The Hall–Kier alpha value is -1.06. The second-order valence-electron chi connectivity index (χ2n) is 4.41. The summed E-state index contributed by atoms with van der Waals surface area (Å²) in [6.07, 6.45) is 3.08. The van der Waals surface area contributed by atoms with Crippen molar-refractivity contribution in [2.24, 2.45) is 5.73 Å². The summed E-state index contributed by atoms with van der Waals surface area (Å²) in [5.41, 5.74) is 7.42. The standard InChI is InChI=1S/C12H13ClN2O/c13-9-2-1-3-10-11(9)16-12(15-10)7-4-5-8(14)6-7/h1-3,7-8H,4-6,14H2. The zero-order chi connectivity index (χ0) is 11.1. The quantitative estimate of drug-likeness (QED) is 0.828. The lowest BCUT2D eigenvalue weighted by molar-refractivity contribution is 0.471. The van der Waals surface area contributed by atoms with Gasteiger partial charge in [-0.2, -0.15) is 0 Å². The molecule has 1 aromatic heterocycles. The van der Waals surface area contributed by atoms with Crippen LogP contribution in [0.25, 0.3) is 11.1 Å². The Morgan fingerprint density at radius 1 is 1.38 bits per heavy atom. The van der Waals surface area contributed by atoms with Crippen molar-refractivity contribution >= 4 is 22.7 Å². The molecule has 1 saturated carbocycles. The molecule has 3 rings (SSSR count). The number of aromatic nitrogens is 1. The number of fused-ring (bicyclic) bond motifs is 1. The molecular formula is C12H13ClN2O. The third-order valence-electron chi connectivity index (χ3n) is 3.21. The number of benzene rings is 1. The highest BCUT2D eigenvalue weighted by Crippen LogP contribution is 2.35. The van der Waals surface area contributed by atoms with Crippen LogP contribution in [-0.2, 0) is 0 Å². The average Bonchev–Trinajstić information content (AvgIpc) is 2.84. The van der Waals surface area contributed by atoms with Crippen LogP contribution < -0.4 is 5.73 Å². The fourth-order valence-electron chi connectivity index (χ4n) is 2.35. The van der Waals surface area contributed by atoms with Gasteiger partial charge in [-0.05, 0) is 31.4 Å². The van der Waals surface area contributed by atoms with Crippen molar-refractivity contribution < 1.29 is 4.42 Å². The molecule has 1 aliphatic rings. The average molecular weight is 237 g/mol. The van der Waals surface area contributed by atoms with Crippen molar-refractivity contribution in [1.82, 2.24) is 4.98 Å². The van der Waals surface area contributed by atoms with Gasteiger partial charge in [0.1, 0.15) is 5.52 Å². The van der Waals surface area contributed by atoms with Crippen LogP contribution in [0.5, 0.6) is 0 Å². The van der Waals surface area contributed by atoms with Gasteiger partial charge in [-0.1, -0.05) is 17.7 Å². The molecule has 1 heterocycles. The predicted octanol–water partition coefficient (Wildman–Crippen LogP) is 3.08. The fraction of sp³-hybridized carbons (Fsp3) is 0.417. The Morgan fingerprint density at radius 2 is 2.25 bits per heavy atom. The second-order valence-corrected chi connectivity index (χ2v) is 4.82. The van der Waals surface area contributed by atoms with Crippen LogP contribution >= 0.6 is 11.6 Å². The molecule has 0 radical (unpaired) electrons. The smallest absolute Gasteiger partial charge is 0.198 e. The minimum absolute atomic E-state index is 0.287. The highest BCUT2D eigenvalue weighted by atomic mass is 35.5. The van der Waals surface area contributed by atoms with Gasteiger partial charge < -0.3 is 10.2 Å². The Bertz CT molecular complexity index is 523. The summed E-state index contributed by atoms with van der Waals surface area (Å²) < 4.78 is 5.73. The number of hydrogen-bond acceptors (Lipinski definition) is 3. The number of nitrogens with two attached hydrogens (primary N) is 1. The van der Waals surface area contributed by atoms with E-state index in [1.165, 1.54) is 0 Å². The van der Waals surface area contributed by atoms with Gasteiger partial charge in [0.15, 0.2) is 11.5 Å². The van der Waals surface area contributed by atoms with Crippen molar-refractivity contribution in [3.8, 4) is 0 Å². The first kappa shape index (κ1) is 10.1. The SMILES string of the molecule is NC1CCC(c2nc3cccc(Cl)c3o2)C1. The van der Waals surface area contributed by atoms with Crippen molar-refractivity contribution in [2.45, 2.75) is 31.2 Å². The molecule has 3 nitrogen and oxygen atoms in total. The van der Waals surface area contributed by atoms with E-state index in [9.17, 15) is 0 Å². The highest BCUT2D eigenvalue weighted by molar-refractivity contribution is 6.34. The summed E-state index contributed by atoms with van der Waals surface area (Å²) in [5.74, 6) is 1.15. The lowest BCUT2D eigenvalue weighted by atomic mass is 10.1. The van der Waals surface area contributed by atoms with E-state index in [-0.39, 0.29) is 6.04 Å². The van der Waals surface area contributed by atoms with E-state index in [0.717, 1.165) is 30.7 Å². The van der Waals surface area contributed by atoms with Crippen molar-refractivity contribution in [1.29, 1.82) is 0 Å². The Morgan fingerprint density at radius 3 is 2.94 bits per heavy atom. The summed E-state index contributed by atoms with van der Waals surface area (Å²) in [4.78, 5) is 4.48. The molecule has 0 amide bonds. The minimum Gasteiger partial charge on any atom is -0.439 e. The third kappa shape index (κ3) is 1.60. The molecule has 0 bridgehead atoms. The molecular weight excluding hydrogens is 224 g/mol. The van der Waals surface area contributed by atoms with E-state index in [4.69, 9.17) is 21.8 Å². The van der Waals surface area contributed by atoms with E-state index in [1.54, 1.807) is 0 Å².